The molecule has 0 nitrogen and oxygen atoms in total. The molecule has 0 N–H and O–H groups in total. The Morgan fingerprint density at radius 3 is 2.64 bits per heavy atom. The van der Waals surface area contributed by atoms with Crippen molar-refractivity contribution in [1.82, 2.24) is 0 Å². The SMILES string of the molecule is CCCCC/C=C\CC1SCCCS1. The van der Waals surface area contributed by atoms with Crippen molar-refractivity contribution in [2.75, 3.05) is 11.5 Å². The maximum atomic E-state index is 2.39. The number of hydrogen-bond donors (Lipinski definition) is 0. The fraction of sp³-hybridized carbons (Fsp3) is 0.833. The van der Waals surface area contributed by atoms with Crippen LogP contribution < -0.4 is 0 Å². The molecule has 1 aliphatic rings. The maximum Gasteiger partial charge on any atom is 0.0536 e. The molecule has 2 heteroatoms. The van der Waals surface area contributed by atoms with Crippen LogP contribution in [0, 0.1) is 0 Å². The first-order valence-electron chi connectivity index (χ1n) is 5.81. The Kier molecular flexibility index (Phi) is 7.80. The van der Waals surface area contributed by atoms with Crippen LogP contribution in [0.2, 0.25) is 0 Å². The van der Waals surface area contributed by atoms with Gasteiger partial charge >= 0.3 is 0 Å². The summed E-state index contributed by atoms with van der Waals surface area (Å²) in [4.78, 5) is 0. The highest BCUT2D eigenvalue weighted by Crippen LogP contribution is 2.32. The van der Waals surface area contributed by atoms with Crippen LogP contribution >= 0.6 is 23.5 Å². The number of rotatable bonds is 6. The third kappa shape index (κ3) is 6.02. The maximum absolute atomic E-state index is 2.39. The molecule has 0 aromatic heterocycles. The second kappa shape index (κ2) is 8.72. The van der Waals surface area contributed by atoms with Crippen LogP contribution in [-0.2, 0) is 0 Å². The third-order valence-corrected chi connectivity index (χ3v) is 5.36. The highest BCUT2D eigenvalue weighted by atomic mass is 32.2. The van der Waals surface area contributed by atoms with Crippen LogP contribution in [0.15, 0.2) is 12.2 Å². The van der Waals surface area contributed by atoms with Gasteiger partial charge in [0.2, 0.25) is 0 Å². The van der Waals surface area contributed by atoms with Crippen molar-refractivity contribution in [2.45, 2.75) is 50.0 Å². The topological polar surface area (TPSA) is 0 Å². The molecule has 1 aliphatic heterocycles. The Bertz CT molecular complexity index is 148. The van der Waals surface area contributed by atoms with Crippen LogP contribution in [0.25, 0.3) is 0 Å². The van der Waals surface area contributed by atoms with E-state index >= 15 is 0 Å². The molecule has 0 bridgehead atoms. The van der Waals surface area contributed by atoms with E-state index in [1.807, 2.05) is 0 Å². The predicted molar refractivity (Wildman–Crippen MR) is 71.2 cm³/mol. The van der Waals surface area contributed by atoms with E-state index in [2.05, 4.69) is 42.6 Å². The molecule has 0 unspecified atom stereocenters. The van der Waals surface area contributed by atoms with Crippen molar-refractivity contribution in [3.05, 3.63) is 12.2 Å². The summed E-state index contributed by atoms with van der Waals surface area (Å²) in [7, 11) is 0. The number of allylic oxidation sites excluding steroid dienone is 2. The van der Waals surface area contributed by atoms with E-state index in [1.54, 1.807) is 0 Å². The molecule has 1 rings (SSSR count). The van der Waals surface area contributed by atoms with Crippen molar-refractivity contribution in [1.29, 1.82) is 0 Å². The second-order valence-corrected chi connectivity index (χ2v) is 6.65. The van der Waals surface area contributed by atoms with E-state index in [0.29, 0.717) is 0 Å². The van der Waals surface area contributed by atoms with Crippen LogP contribution in [0.5, 0.6) is 0 Å². The predicted octanol–water partition coefficient (Wildman–Crippen LogP) is 4.71. The molecule has 14 heavy (non-hydrogen) atoms. The van der Waals surface area contributed by atoms with Crippen molar-refractivity contribution >= 4 is 23.5 Å². The zero-order valence-corrected chi connectivity index (χ0v) is 10.8. The summed E-state index contributed by atoms with van der Waals surface area (Å²) in [6, 6.07) is 0. The largest absolute Gasteiger partial charge is 0.147 e. The lowest BCUT2D eigenvalue weighted by Gasteiger charge is -2.18. The summed E-state index contributed by atoms with van der Waals surface area (Å²) in [5.74, 6) is 2.75. The van der Waals surface area contributed by atoms with E-state index < -0.39 is 0 Å². The van der Waals surface area contributed by atoms with Crippen molar-refractivity contribution < 1.29 is 0 Å². The van der Waals surface area contributed by atoms with E-state index in [0.717, 1.165) is 4.58 Å². The first-order chi connectivity index (χ1) is 6.93. The van der Waals surface area contributed by atoms with Crippen LogP contribution in [-0.4, -0.2) is 16.1 Å². The summed E-state index contributed by atoms with van der Waals surface area (Å²) in [6.45, 7) is 2.26. The average Bonchev–Trinajstić information content (AvgIpc) is 2.25. The van der Waals surface area contributed by atoms with Crippen LogP contribution in [0.4, 0.5) is 0 Å². The first kappa shape index (κ1) is 12.5. The molecule has 0 aliphatic carbocycles. The molecule has 0 amide bonds. The zero-order chi connectivity index (χ0) is 10.1. The molecule has 82 valence electrons. The van der Waals surface area contributed by atoms with Crippen molar-refractivity contribution in [2.24, 2.45) is 0 Å². The molecule has 0 saturated carbocycles. The molecule has 0 aromatic carbocycles. The van der Waals surface area contributed by atoms with Crippen LogP contribution in [0.1, 0.15) is 45.4 Å². The van der Waals surface area contributed by atoms with Gasteiger partial charge in [0.15, 0.2) is 0 Å². The third-order valence-electron chi connectivity index (χ3n) is 2.37. The van der Waals surface area contributed by atoms with E-state index in [9.17, 15) is 0 Å². The van der Waals surface area contributed by atoms with Gasteiger partial charge in [0.1, 0.15) is 0 Å². The number of hydrogen-bond acceptors (Lipinski definition) is 2. The summed E-state index contributed by atoms with van der Waals surface area (Å²) in [6.07, 6.45) is 12.8. The van der Waals surface area contributed by atoms with Crippen molar-refractivity contribution in [3.8, 4) is 0 Å². The number of unbranched alkanes of at least 4 members (excludes halogenated alkanes) is 3. The minimum atomic E-state index is 0.853. The average molecular weight is 230 g/mol. The Morgan fingerprint density at radius 1 is 1.14 bits per heavy atom. The van der Waals surface area contributed by atoms with Gasteiger partial charge in [-0.05, 0) is 37.2 Å². The molecule has 0 atom stereocenters. The van der Waals surface area contributed by atoms with E-state index in [4.69, 9.17) is 0 Å². The molecular weight excluding hydrogens is 208 g/mol. The monoisotopic (exact) mass is 230 g/mol. The van der Waals surface area contributed by atoms with Gasteiger partial charge in [-0.1, -0.05) is 31.9 Å². The molecule has 1 fully saturated rings. The molecular formula is C12H22S2. The van der Waals surface area contributed by atoms with Gasteiger partial charge in [0, 0.05) is 0 Å². The van der Waals surface area contributed by atoms with Gasteiger partial charge in [-0.25, -0.2) is 0 Å². The van der Waals surface area contributed by atoms with Crippen molar-refractivity contribution in [3.63, 3.8) is 0 Å². The van der Waals surface area contributed by atoms with Gasteiger partial charge in [0.25, 0.3) is 0 Å². The summed E-state index contributed by atoms with van der Waals surface area (Å²) >= 11 is 4.29. The lowest BCUT2D eigenvalue weighted by atomic mass is 10.2. The fourth-order valence-corrected chi connectivity index (χ4v) is 4.30. The van der Waals surface area contributed by atoms with Gasteiger partial charge in [0.05, 0.1) is 4.58 Å². The molecule has 1 heterocycles. The Labute approximate surface area is 97.3 Å². The highest BCUT2D eigenvalue weighted by molar-refractivity contribution is 8.17. The minimum Gasteiger partial charge on any atom is -0.147 e. The number of thioether (sulfide) groups is 2. The van der Waals surface area contributed by atoms with E-state index in [-0.39, 0.29) is 0 Å². The summed E-state index contributed by atoms with van der Waals surface area (Å²) in [5.41, 5.74) is 0. The molecule has 1 saturated heterocycles. The quantitative estimate of drug-likeness (QED) is 0.479. The van der Waals surface area contributed by atoms with Gasteiger partial charge in [-0.3, -0.25) is 0 Å². The van der Waals surface area contributed by atoms with Gasteiger partial charge in [-0.15, -0.1) is 23.5 Å². The lowest BCUT2D eigenvalue weighted by Crippen LogP contribution is -2.04. The smallest absolute Gasteiger partial charge is 0.0536 e. The summed E-state index contributed by atoms with van der Waals surface area (Å²) in [5, 5.41) is 0. The zero-order valence-electron chi connectivity index (χ0n) is 9.21. The Balaban J connectivity index is 1.95. The minimum absolute atomic E-state index is 0.853. The lowest BCUT2D eigenvalue weighted by molar-refractivity contribution is 0.728. The first-order valence-corrected chi connectivity index (χ1v) is 7.91. The van der Waals surface area contributed by atoms with Crippen LogP contribution in [0.3, 0.4) is 0 Å². The Hall–Kier alpha value is 0.440. The standard InChI is InChI=1S/C12H22S2/c1-2-3-4-5-6-7-9-12-13-10-8-11-14-12/h6-7,12H,2-5,8-11H2,1H3/b7-6-. The Morgan fingerprint density at radius 2 is 1.93 bits per heavy atom. The fourth-order valence-electron chi connectivity index (χ4n) is 1.51. The molecule has 0 spiro atoms. The van der Waals surface area contributed by atoms with Gasteiger partial charge < -0.3 is 0 Å². The summed E-state index contributed by atoms with van der Waals surface area (Å²) < 4.78 is 0.853. The van der Waals surface area contributed by atoms with Gasteiger partial charge in [-0.2, -0.15) is 0 Å². The second-order valence-electron chi connectivity index (χ2n) is 3.73. The molecule has 0 radical (unpaired) electrons. The van der Waals surface area contributed by atoms with E-state index in [1.165, 1.54) is 50.0 Å². The normalized spacial score (nSPS) is 19.2. The molecule has 0 aromatic rings. The highest BCUT2D eigenvalue weighted by Gasteiger charge is 2.11.